The van der Waals surface area contributed by atoms with Crippen molar-refractivity contribution in [1.82, 2.24) is 5.32 Å². The van der Waals surface area contributed by atoms with E-state index in [2.05, 4.69) is 21.2 Å². The molecule has 2 N–H and O–H groups in total. The van der Waals surface area contributed by atoms with Gasteiger partial charge in [0.1, 0.15) is 12.2 Å². The highest BCUT2D eigenvalue weighted by Gasteiger charge is 2.26. The molecule has 0 aliphatic rings. The highest BCUT2D eigenvalue weighted by atomic mass is 79.9. The molecule has 1 unspecified atom stereocenters. The number of alkyl carbamates (subject to hydrolysis) is 1. The number of nitro groups is 1. The van der Waals surface area contributed by atoms with Crippen molar-refractivity contribution in [3.05, 3.63) is 32.8 Å². The summed E-state index contributed by atoms with van der Waals surface area (Å²) in [5, 5.41) is 22.2. The molecule has 0 aliphatic carbocycles. The van der Waals surface area contributed by atoms with E-state index in [0.717, 1.165) is 0 Å². The van der Waals surface area contributed by atoms with Crippen molar-refractivity contribution in [2.24, 2.45) is 0 Å². The lowest BCUT2D eigenvalue weighted by molar-refractivity contribution is -0.385. The van der Waals surface area contributed by atoms with E-state index in [-0.39, 0.29) is 11.4 Å². The lowest BCUT2D eigenvalue weighted by Crippen LogP contribution is -2.46. The van der Waals surface area contributed by atoms with Gasteiger partial charge in [0.2, 0.25) is 0 Å². The van der Waals surface area contributed by atoms with Crippen LogP contribution in [0.15, 0.2) is 22.7 Å². The monoisotopic (exact) mass is 404 g/mol. The molecule has 0 saturated heterocycles. The second-order valence-corrected chi connectivity index (χ2v) is 6.63. The van der Waals surface area contributed by atoms with E-state index in [1.165, 1.54) is 18.2 Å². The third-order valence-electron chi connectivity index (χ3n) is 2.51. The average Bonchev–Trinajstić information content (AvgIpc) is 2.40. The number of rotatable bonds is 6. The third kappa shape index (κ3) is 6.41. The topological polar surface area (TPSA) is 128 Å². The Kier molecular flexibility index (Phi) is 6.52. The standard InChI is InChI=1S/C14H17BrN2O7/c1-14(2,3)24-13(20)16-9(12(18)19)7-23-11-6-8(15)4-5-10(11)17(21)22/h4-6,9H,7H2,1-3H3,(H,16,20)(H,18,19). The zero-order chi connectivity index (χ0) is 18.5. The fourth-order valence-corrected chi connectivity index (χ4v) is 1.89. The number of carbonyl (C=O) groups is 2. The van der Waals surface area contributed by atoms with E-state index in [0.29, 0.717) is 4.47 Å². The Morgan fingerprint density at radius 1 is 1.42 bits per heavy atom. The molecule has 132 valence electrons. The van der Waals surface area contributed by atoms with Crippen LogP contribution in [0.5, 0.6) is 5.75 Å². The first-order valence-corrected chi connectivity index (χ1v) is 7.58. The number of ether oxygens (including phenoxy) is 2. The van der Waals surface area contributed by atoms with Crippen LogP contribution in [0.25, 0.3) is 0 Å². The molecule has 1 rings (SSSR count). The van der Waals surface area contributed by atoms with Crippen molar-refractivity contribution in [3.63, 3.8) is 0 Å². The van der Waals surface area contributed by atoms with Crippen LogP contribution >= 0.6 is 15.9 Å². The molecule has 0 bridgehead atoms. The predicted molar refractivity (Wildman–Crippen MR) is 87.1 cm³/mol. The molecule has 0 aromatic heterocycles. The Bertz CT molecular complexity index is 643. The molecule has 0 fully saturated rings. The van der Waals surface area contributed by atoms with Crippen LogP contribution in [0.1, 0.15) is 20.8 Å². The van der Waals surface area contributed by atoms with Gasteiger partial charge in [-0.25, -0.2) is 9.59 Å². The molecule has 0 aliphatic heterocycles. The van der Waals surface area contributed by atoms with Crippen LogP contribution < -0.4 is 10.1 Å². The van der Waals surface area contributed by atoms with Crippen LogP contribution in [0.2, 0.25) is 0 Å². The smallest absolute Gasteiger partial charge is 0.408 e. The van der Waals surface area contributed by atoms with E-state index in [9.17, 15) is 19.7 Å². The Balaban J connectivity index is 2.81. The number of benzene rings is 1. The molecule has 9 nitrogen and oxygen atoms in total. The number of halogens is 1. The number of carboxylic acids is 1. The molecule has 24 heavy (non-hydrogen) atoms. The van der Waals surface area contributed by atoms with Crippen LogP contribution in [-0.4, -0.2) is 40.3 Å². The zero-order valence-corrected chi connectivity index (χ0v) is 14.8. The number of aliphatic carboxylic acids is 1. The number of amides is 1. The van der Waals surface area contributed by atoms with Gasteiger partial charge >= 0.3 is 17.7 Å². The molecular formula is C14H17BrN2O7. The Morgan fingerprint density at radius 2 is 2.04 bits per heavy atom. The minimum atomic E-state index is -1.43. The summed E-state index contributed by atoms with van der Waals surface area (Å²) >= 11 is 3.15. The summed E-state index contributed by atoms with van der Waals surface area (Å²) in [6.45, 7) is 4.38. The Morgan fingerprint density at radius 3 is 2.54 bits per heavy atom. The van der Waals surface area contributed by atoms with Gasteiger partial charge in [0, 0.05) is 16.6 Å². The highest BCUT2D eigenvalue weighted by Crippen LogP contribution is 2.30. The van der Waals surface area contributed by atoms with Gasteiger partial charge in [-0.05, 0) is 26.8 Å². The fourth-order valence-electron chi connectivity index (χ4n) is 1.55. The second-order valence-electron chi connectivity index (χ2n) is 5.72. The molecule has 0 radical (unpaired) electrons. The first-order valence-electron chi connectivity index (χ1n) is 6.78. The molecule has 10 heteroatoms. The molecule has 1 aromatic rings. The molecule has 1 amide bonds. The number of nitrogens with zero attached hydrogens (tertiary/aromatic N) is 1. The molecule has 1 atom stereocenters. The van der Waals surface area contributed by atoms with Crippen molar-refractivity contribution >= 4 is 33.7 Å². The van der Waals surface area contributed by atoms with Gasteiger partial charge in [-0.3, -0.25) is 10.1 Å². The normalized spacial score (nSPS) is 12.2. The Labute approximate surface area is 146 Å². The van der Waals surface area contributed by atoms with E-state index in [4.69, 9.17) is 14.6 Å². The summed E-state index contributed by atoms with van der Waals surface area (Å²) < 4.78 is 10.7. The number of nitrogens with one attached hydrogen (secondary N) is 1. The number of hydrogen-bond donors (Lipinski definition) is 2. The van der Waals surface area contributed by atoms with Gasteiger partial charge in [-0.1, -0.05) is 15.9 Å². The first-order chi connectivity index (χ1) is 11.0. The largest absolute Gasteiger partial charge is 0.484 e. The van der Waals surface area contributed by atoms with Gasteiger partial charge in [-0.2, -0.15) is 0 Å². The summed E-state index contributed by atoms with van der Waals surface area (Å²) in [7, 11) is 0. The van der Waals surface area contributed by atoms with Crippen molar-refractivity contribution in [2.75, 3.05) is 6.61 Å². The minimum Gasteiger partial charge on any atom is -0.484 e. The molecule has 0 spiro atoms. The van der Waals surface area contributed by atoms with Gasteiger partial charge in [-0.15, -0.1) is 0 Å². The number of carbonyl (C=O) groups excluding carboxylic acids is 1. The summed E-state index contributed by atoms with van der Waals surface area (Å²) in [5.41, 5.74) is -1.11. The van der Waals surface area contributed by atoms with Crippen molar-refractivity contribution < 1.29 is 29.1 Å². The number of carboxylic acid groups (broad SMARTS) is 1. The summed E-state index contributed by atoms with van der Waals surface area (Å²) in [6.07, 6.45) is -0.928. The maximum atomic E-state index is 11.6. The Hall–Kier alpha value is -2.36. The van der Waals surface area contributed by atoms with E-state index < -0.39 is 35.2 Å². The van der Waals surface area contributed by atoms with Gasteiger partial charge in [0.05, 0.1) is 4.92 Å². The van der Waals surface area contributed by atoms with Crippen molar-refractivity contribution in [2.45, 2.75) is 32.4 Å². The van der Waals surface area contributed by atoms with Crippen LogP contribution in [-0.2, 0) is 9.53 Å². The van der Waals surface area contributed by atoms with Crippen molar-refractivity contribution in [1.29, 1.82) is 0 Å². The predicted octanol–water partition coefficient (Wildman–Crippen LogP) is 2.71. The highest BCUT2D eigenvalue weighted by molar-refractivity contribution is 9.10. The van der Waals surface area contributed by atoms with Gasteiger partial charge in [0.25, 0.3) is 0 Å². The number of hydrogen-bond acceptors (Lipinski definition) is 6. The average molecular weight is 405 g/mol. The summed E-state index contributed by atoms with van der Waals surface area (Å²) in [4.78, 5) is 33.2. The van der Waals surface area contributed by atoms with E-state index in [1.807, 2.05) is 0 Å². The second kappa shape index (κ2) is 7.95. The lowest BCUT2D eigenvalue weighted by atomic mass is 10.2. The third-order valence-corrected chi connectivity index (χ3v) is 3.01. The molecule has 0 saturated carbocycles. The molecule has 0 heterocycles. The minimum absolute atomic E-state index is 0.119. The lowest BCUT2D eigenvalue weighted by Gasteiger charge is -2.22. The molecular weight excluding hydrogens is 388 g/mol. The van der Waals surface area contributed by atoms with Gasteiger partial charge < -0.3 is 19.9 Å². The van der Waals surface area contributed by atoms with E-state index >= 15 is 0 Å². The van der Waals surface area contributed by atoms with Crippen LogP contribution in [0.4, 0.5) is 10.5 Å². The maximum Gasteiger partial charge on any atom is 0.408 e. The maximum absolute atomic E-state index is 11.6. The summed E-state index contributed by atoms with van der Waals surface area (Å²) in [6, 6.07) is 2.58. The quantitative estimate of drug-likeness (QED) is 0.550. The van der Waals surface area contributed by atoms with Gasteiger partial charge in [0.15, 0.2) is 11.8 Å². The molecule has 1 aromatic carbocycles. The summed E-state index contributed by atoms with van der Waals surface area (Å²) in [5.74, 6) is -1.48. The van der Waals surface area contributed by atoms with Crippen LogP contribution in [0, 0.1) is 10.1 Å². The fraction of sp³-hybridized carbons (Fsp3) is 0.429. The first kappa shape index (κ1) is 19.7. The SMILES string of the molecule is CC(C)(C)OC(=O)NC(COc1cc(Br)ccc1[N+](=O)[O-])C(=O)O. The van der Waals surface area contributed by atoms with E-state index in [1.54, 1.807) is 20.8 Å². The van der Waals surface area contributed by atoms with Crippen molar-refractivity contribution in [3.8, 4) is 5.75 Å². The number of nitro benzene ring substituents is 1. The van der Waals surface area contributed by atoms with Crippen LogP contribution in [0.3, 0.4) is 0 Å². The zero-order valence-electron chi connectivity index (χ0n) is 13.2.